The molecule has 2 aromatic heterocycles. The van der Waals surface area contributed by atoms with Crippen LogP contribution in [0.5, 0.6) is 0 Å². The second kappa shape index (κ2) is 7.47. The summed E-state index contributed by atoms with van der Waals surface area (Å²) in [4.78, 5) is 37.3. The Hall–Kier alpha value is -3.54. The molecule has 0 saturated carbocycles. The number of benzene rings is 2. The van der Waals surface area contributed by atoms with Gasteiger partial charge >= 0.3 is 5.97 Å². The van der Waals surface area contributed by atoms with Crippen molar-refractivity contribution < 1.29 is 9.53 Å². The number of nitrogens with one attached hydrogen (secondary N) is 1. The van der Waals surface area contributed by atoms with Crippen LogP contribution in [0.15, 0.2) is 53.3 Å². The van der Waals surface area contributed by atoms with Crippen molar-refractivity contribution in [3.63, 3.8) is 0 Å². The van der Waals surface area contributed by atoms with Crippen LogP contribution in [0.4, 0.5) is 0 Å². The van der Waals surface area contributed by atoms with Gasteiger partial charge in [-0.05, 0) is 44.0 Å². The Bertz CT molecular complexity index is 1290. The molecule has 146 valence electrons. The highest BCUT2D eigenvalue weighted by atomic mass is 16.5. The number of fused-ring (bicyclic) bond motifs is 2. The summed E-state index contributed by atoms with van der Waals surface area (Å²) >= 11 is 0. The molecular formula is C23H21N3O3. The number of esters is 1. The molecule has 0 bridgehead atoms. The Balaban J connectivity index is 1.73. The van der Waals surface area contributed by atoms with Crippen LogP contribution in [0.25, 0.3) is 21.8 Å². The maximum Gasteiger partial charge on any atom is 0.339 e. The molecule has 4 rings (SSSR count). The third-order valence-corrected chi connectivity index (χ3v) is 5.08. The zero-order chi connectivity index (χ0) is 20.5. The molecule has 2 aromatic carbocycles. The number of aryl methyl sites for hydroxylation is 1. The number of ether oxygens (including phenoxy) is 1. The SMILES string of the molecule is CCc1nc2ccccc2c(C(=O)O[C@H](C)c2nc3ccccc3c(=O)[nH]2)c1C. The predicted molar refractivity (Wildman–Crippen MR) is 112 cm³/mol. The Labute approximate surface area is 167 Å². The zero-order valence-electron chi connectivity index (χ0n) is 16.5. The number of hydrogen-bond acceptors (Lipinski definition) is 5. The fourth-order valence-corrected chi connectivity index (χ4v) is 3.54. The van der Waals surface area contributed by atoms with E-state index in [2.05, 4.69) is 15.0 Å². The van der Waals surface area contributed by atoms with Crippen molar-refractivity contribution in [3.8, 4) is 0 Å². The second-order valence-corrected chi connectivity index (χ2v) is 6.95. The van der Waals surface area contributed by atoms with Gasteiger partial charge < -0.3 is 9.72 Å². The van der Waals surface area contributed by atoms with Crippen LogP contribution in [-0.4, -0.2) is 20.9 Å². The molecule has 6 heteroatoms. The predicted octanol–water partition coefficient (Wildman–Crippen LogP) is 4.26. The number of aromatic nitrogens is 3. The summed E-state index contributed by atoms with van der Waals surface area (Å²) in [5.41, 5.74) is 3.23. The minimum absolute atomic E-state index is 0.257. The Morgan fingerprint density at radius 1 is 1.03 bits per heavy atom. The van der Waals surface area contributed by atoms with Crippen LogP contribution in [-0.2, 0) is 11.2 Å². The highest BCUT2D eigenvalue weighted by molar-refractivity contribution is 6.05. The Morgan fingerprint density at radius 2 is 1.66 bits per heavy atom. The fraction of sp³-hybridized carbons (Fsp3) is 0.217. The molecule has 6 nitrogen and oxygen atoms in total. The molecule has 0 spiro atoms. The number of rotatable bonds is 4. The number of nitrogens with zero attached hydrogens (tertiary/aromatic N) is 2. The van der Waals surface area contributed by atoms with E-state index in [0.29, 0.717) is 28.7 Å². The van der Waals surface area contributed by atoms with Gasteiger partial charge in [0.1, 0.15) is 0 Å². The zero-order valence-corrected chi connectivity index (χ0v) is 16.5. The summed E-state index contributed by atoms with van der Waals surface area (Å²) in [5, 5.41) is 1.25. The molecule has 0 aliphatic heterocycles. The standard InChI is InChI=1S/C23H21N3O3/c1-4-17-13(2)20(15-9-5-7-11-18(15)24-17)23(28)29-14(3)21-25-19-12-8-6-10-16(19)22(27)26-21/h5-12,14H,4H2,1-3H3,(H,25,26,27)/t14-/m1/s1. The first-order valence-corrected chi connectivity index (χ1v) is 9.57. The summed E-state index contributed by atoms with van der Waals surface area (Å²) in [6.07, 6.45) is 0.00249. The van der Waals surface area contributed by atoms with Crippen molar-refractivity contribution in [2.45, 2.75) is 33.3 Å². The van der Waals surface area contributed by atoms with Gasteiger partial charge in [0.15, 0.2) is 11.9 Å². The number of hydrogen-bond donors (Lipinski definition) is 1. The van der Waals surface area contributed by atoms with E-state index in [9.17, 15) is 9.59 Å². The number of pyridine rings is 1. The molecule has 0 aliphatic rings. The maximum atomic E-state index is 13.1. The number of carbonyl (C=O) groups excluding carboxylic acids is 1. The summed E-state index contributed by atoms with van der Waals surface area (Å²) in [6.45, 7) is 5.59. The summed E-state index contributed by atoms with van der Waals surface area (Å²) < 4.78 is 5.72. The van der Waals surface area contributed by atoms with Crippen molar-refractivity contribution in [1.82, 2.24) is 15.0 Å². The van der Waals surface area contributed by atoms with Crippen molar-refractivity contribution >= 4 is 27.8 Å². The van der Waals surface area contributed by atoms with Crippen LogP contribution < -0.4 is 5.56 Å². The number of H-pyrrole nitrogens is 1. The van der Waals surface area contributed by atoms with Crippen LogP contribution in [0.2, 0.25) is 0 Å². The summed E-state index contributed by atoms with van der Waals surface area (Å²) in [7, 11) is 0. The highest BCUT2D eigenvalue weighted by Gasteiger charge is 2.22. The lowest BCUT2D eigenvalue weighted by molar-refractivity contribution is 0.0321. The van der Waals surface area contributed by atoms with Crippen molar-refractivity contribution in [1.29, 1.82) is 0 Å². The Morgan fingerprint density at radius 3 is 2.34 bits per heavy atom. The molecule has 0 unspecified atom stereocenters. The highest BCUT2D eigenvalue weighted by Crippen LogP contribution is 2.26. The monoisotopic (exact) mass is 387 g/mol. The quantitative estimate of drug-likeness (QED) is 0.529. The number of carbonyl (C=O) groups is 1. The lowest BCUT2D eigenvalue weighted by Crippen LogP contribution is -2.18. The summed E-state index contributed by atoms with van der Waals surface area (Å²) in [5.74, 6) is -0.145. The lowest BCUT2D eigenvalue weighted by Gasteiger charge is -2.16. The van der Waals surface area contributed by atoms with E-state index in [1.54, 1.807) is 25.1 Å². The molecule has 2 heterocycles. The van der Waals surface area contributed by atoms with Gasteiger partial charge in [0, 0.05) is 11.1 Å². The molecule has 0 amide bonds. The Kier molecular flexibility index (Phi) is 4.84. The van der Waals surface area contributed by atoms with E-state index >= 15 is 0 Å². The van der Waals surface area contributed by atoms with Gasteiger partial charge in [-0.3, -0.25) is 9.78 Å². The minimum Gasteiger partial charge on any atom is -0.451 e. The van der Waals surface area contributed by atoms with Crippen molar-refractivity contribution in [3.05, 3.63) is 81.5 Å². The molecule has 0 fully saturated rings. The van der Waals surface area contributed by atoms with Gasteiger partial charge in [-0.25, -0.2) is 9.78 Å². The molecule has 0 aliphatic carbocycles. The van der Waals surface area contributed by atoms with E-state index in [-0.39, 0.29) is 5.56 Å². The first-order chi connectivity index (χ1) is 14.0. The molecule has 1 N–H and O–H groups in total. The maximum absolute atomic E-state index is 13.1. The first-order valence-electron chi connectivity index (χ1n) is 9.57. The third-order valence-electron chi connectivity index (χ3n) is 5.08. The first kappa shape index (κ1) is 18.8. The van der Waals surface area contributed by atoms with Gasteiger partial charge in [0.25, 0.3) is 5.56 Å². The number of para-hydroxylation sites is 2. The average molecular weight is 387 g/mol. The van der Waals surface area contributed by atoms with Gasteiger partial charge in [0.05, 0.1) is 22.0 Å². The molecule has 4 aromatic rings. The van der Waals surface area contributed by atoms with Crippen LogP contribution in [0.3, 0.4) is 0 Å². The van der Waals surface area contributed by atoms with Crippen molar-refractivity contribution in [2.24, 2.45) is 0 Å². The normalized spacial score (nSPS) is 12.2. The van der Waals surface area contributed by atoms with E-state index in [0.717, 1.165) is 22.2 Å². The smallest absolute Gasteiger partial charge is 0.339 e. The van der Waals surface area contributed by atoms with E-state index in [1.807, 2.05) is 44.2 Å². The lowest BCUT2D eigenvalue weighted by atomic mass is 10.0. The largest absolute Gasteiger partial charge is 0.451 e. The van der Waals surface area contributed by atoms with E-state index < -0.39 is 12.1 Å². The van der Waals surface area contributed by atoms with Gasteiger partial charge in [0.2, 0.25) is 0 Å². The van der Waals surface area contributed by atoms with Crippen LogP contribution in [0, 0.1) is 6.92 Å². The number of aromatic amines is 1. The average Bonchev–Trinajstić information content (AvgIpc) is 2.73. The van der Waals surface area contributed by atoms with Crippen molar-refractivity contribution in [2.75, 3.05) is 0 Å². The molecular weight excluding hydrogens is 366 g/mol. The van der Waals surface area contributed by atoms with E-state index in [4.69, 9.17) is 4.74 Å². The minimum atomic E-state index is -0.712. The van der Waals surface area contributed by atoms with E-state index in [1.165, 1.54) is 0 Å². The third kappa shape index (κ3) is 3.38. The molecule has 0 saturated heterocycles. The second-order valence-electron chi connectivity index (χ2n) is 6.95. The van der Waals surface area contributed by atoms with Crippen LogP contribution in [0.1, 0.15) is 47.4 Å². The molecule has 29 heavy (non-hydrogen) atoms. The van der Waals surface area contributed by atoms with Gasteiger partial charge in [-0.15, -0.1) is 0 Å². The summed E-state index contributed by atoms with van der Waals surface area (Å²) in [6, 6.07) is 14.6. The topological polar surface area (TPSA) is 84.9 Å². The fourth-order valence-electron chi connectivity index (χ4n) is 3.54. The van der Waals surface area contributed by atoms with Gasteiger partial charge in [-0.1, -0.05) is 37.3 Å². The van der Waals surface area contributed by atoms with Crippen LogP contribution >= 0.6 is 0 Å². The molecule has 0 radical (unpaired) electrons. The van der Waals surface area contributed by atoms with Gasteiger partial charge in [-0.2, -0.15) is 0 Å². The molecule has 1 atom stereocenters.